The molecule has 1 atom stereocenters. The van der Waals surface area contributed by atoms with Gasteiger partial charge in [-0.3, -0.25) is 9.48 Å². The number of nitrogens with one attached hydrogen (secondary N) is 1. The van der Waals surface area contributed by atoms with E-state index in [4.69, 9.17) is 4.74 Å². The molecule has 0 aromatic carbocycles. The highest BCUT2D eigenvalue weighted by Gasteiger charge is 2.19. The number of aromatic nitrogens is 3. The van der Waals surface area contributed by atoms with Crippen LogP contribution >= 0.6 is 0 Å². The summed E-state index contributed by atoms with van der Waals surface area (Å²) < 4.78 is 7.26. The molecule has 0 unspecified atom stereocenters. The molecular weight excluding hydrogens is 268 g/mol. The molecule has 112 valence electrons. The Morgan fingerprint density at radius 3 is 3.00 bits per heavy atom. The normalized spacial score (nSPS) is 18.3. The maximum atomic E-state index is 12.4. The van der Waals surface area contributed by atoms with Crippen LogP contribution in [-0.2, 0) is 11.8 Å². The number of amides is 1. The molecule has 6 nitrogen and oxygen atoms in total. The van der Waals surface area contributed by atoms with Crippen LogP contribution in [-0.4, -0.2) is 39.9 Å². The van der Waals surface area contributed by atoms with Crippen LogP contribution in [0.4, 0.5) is 0 Å². The lowest BCUT2D eigenvalue weighted by molar-refractivity contribution is 0.0857. The quantitative estimate of drug-likeness (QED) is 0.929. The Bertz CT molecular complexity index is 687. The fraction of sp³-hybridized carbons (Fsp3) is 0.533. The number of carbonyl (C=O) groups excluding carboxylic acids is 1. The summed E-state index contributed by atoms with van der Waals surface area (Å²) in [5, 5.41) is 8.21. The predicted octanol–water partition coefficient (Wildman–Crippen LogP) is 1.49. The van der Waals surface area contributed by atoms with Gasteiger partial charge in [0.15, 0.2) is 5.65 Å². The lowest BCUT2D eigenvalue weighted by Crippen LogP contribution is -2.32. The Labute approximate surface area is 123 Å². The number of rotatable bonds is 3. The average Bonchev–Trinajstić information content (AvgIpc) is 3.05. The van der Waals surface area contributed by atoms with Gasteiger partial charge < -0.3 is 10.1 Å². The highest BCUT2D eigenvalue weighted by Crippen LogP contribution is 2.19. The number of ether oxygens (including phenoxy) is 1. The van der Waals surface area contributed by atoms with E-state index in [1.807, 2.05) is 27.0 Å². The molecule has 3 rings (SSSR count). The topological polar surface area (TPSA) is 69.0 Å². The second kappa shape index (κ2) is 5.44. The van der Waals surface area contributed by atoms with Crippen molar-refractivity contribution in [2.75, 3.05) is 13.2 Å². The Morgan fingerprint density at radius 2 is 2.29 bits per heavy atom. The molecule has 1 fully saturated rings. The lowest BCUT2D eigenvalue weighted by Gasteiger charge is -2.12. The fourth-order valence-electron chi connectivity index (χ4n) is 2.77. The number of carbonyl (C=O) groups is 1. The zero-order chi connectivity index (χ0) is 15.0. The van der Waals surface area contributed by atoms with Gasteiger partial charge in [0.1, 0.15) is 0 Å². The van der Waals surface area contributed by atoms with E-state index >= 15 is 0 Å². The number of aryl methyl sites for hydroxylation is 3. The van der Waals surface area contributed by atoms with Gasteiger partial charge in [-0.1, -0.05) is 0 Å². The van der Waals surface area contributed by atoms with Crippen LogP contribution in [0.3, 0.4) is 0 Å². The monoisotopic (exact) mass is 288 g/mol. The molecule has 1 aliphatic rings. The molecule has 0 saturated carbocycles. The van der Waals surface area contributed by atoms with Crippen molar-refractivity contribution in [3.8, 4) is 0 Å². The van der Waals surface area contributed by atoms with Crippen molar-refractivity contribution < 1.29 is 9.53 Å². The summed E-state index contributed by atoms with van der Waals surface area (Å²) in [6, 6.07) is 1.88. The van der Waals surface area contributed by atoms with E-state index in [1.54, 1.807) is 4.68 Å². The Hall–Kier alpha value is -1.95. The van der Waals surface area contributed by atoms with Crippen LogP contribution in [0.1, 0.15) is 34.6 Å². The molecule has 0 radical (unpaired) electrons. The number of hydrogen-bond donors (Lipinski definition) is 1. The smallest absolute Gasteiger partial charge is 0.253 e. The third kappa shape index (κ3) is 2.63. The zero-order valence-corrected chi connectivity index (χ0v) is 12.6. The van der Waals surface area contributed by atoms with Crippen molar-refractivity contribution >= 4 is 16.9 Å². The van der Waals surface area contributed by atoms with Crippen LogP contribution in [0.15, 0.2) is 6.07 Å². The van der Waals surface area contributed by atoms with Gasteiger partial charge in [0.25, 0.3) is 5.91 Å². The van der Waals surface area contributed by atoms with Gasteiger partial charge in [-0.15, -0.1) is 0 Å². The minimum absolute atomic E-state index is 0.0966. The zero-order valence-electron chi connectivity index (χ0n) is 12.6. The molecule has 6 heteroatoms. The first-order valence-electron chi connectivity index (χ1n) is 7.27. The van der Waals surface area contributed by atoms with Crippen LogP contribution in [0.2, 0.25) is 0 Å². The van der Waals surface area contributed by atoms with E-state index in [-0.39, 0.29) is 12.0 Å². The van der Waals surface area contributed by atoms with Crippen molar-refractivity contribution in [2.24, 2.45) is 7.05 Å². The first-order valence-corrected chi connectivity index (χ1v) is 7.27. The van der Waals surface area contributed by atoms with E-state index < -0.39 is 0 Å². The third-order valence-corrected chi connectivity index (χ3v) is 3.95. The standard InChI is InChI=1S/C15H20N4O2/c1-9-13(15(20)16-8-11-5-4-6-21-11)7-12-10(2)18-19(3)14(12)17-9/h7,11H,4-6,8H2,1-3H3,(H,16,20)/t11-/m0/s1. The van der Waals surface area contributed by atoms with Crippen LogP contribution in [0.25, 0.3) is 11.0 Å². The van der Waals surface area contributed by atoms with Gasteiger partial charge in [-0.2, -0.15) is 5.10 Å². The molecule has 1 N–H and O–H groups in total. The van der Waals surface area contributed by atoms with Gasteiger partial charge in [0, 0.05) is 25.6 Å². The Balaban J connectivity index is 1.83. The summed E-state index contributed by atoms with van der Waals surface area (Å²) in [5.74, 6) is -0.0966. The van der Waals surface area contributed by atoms with Crippen molar-refractivity contribution in [3.63, 3.8) is 0 Å². The van der Waals surface area contributed by atoms with Crippen molar-refractivity contribution in [3.05, 3.63) is 23.0 Å². The highest BCUT2D eigenvalue weighted by molar-refractivity contribution is 5.98. The van der Waals surface area contributed by atoms with Crippen LogP contribution in [0, 0.1) is 13.8 Å². The minimum atomic E-state index is -0.0966. The summed E-state index contributed by atoms with van der Waals surface area (Å²) in [4.78, 5) is 16.9. The lowest BCUT2D eigenvalue weighted by atomic mass is 10.1. The van der Waals surface area contributed by atoms with Gasteiger partial charge in [0.2, 0.25) is 0 Å². The molecule has 1 aliphatic heterocycles. The van der Waals surface area contributed by atoms with Gasteiger partial charge in [-0.05, 0) is 32.8 Å². The number of nitrogens with zero attached hydrogens (tertiary/aromatic N) is 3. The number of fused-ring (bicyclic) bond motifs is 1. The fourth-order valence-corrected chi connectivity index (χ4v) is 2.77. The molecule has 2 aromatic heterocycles. The first kappa shape index (κ1) is 14.0. The van der Waals surface area contributed by atoms with E-state index in [0.29, 0.717) is 12.1 Å². The van der Waals surface area contributed by atoms with Crippen molar-refractivity contribution in [1.29, 1.82) is 0 Å². The third-order valence-electron chi connectivity index (χ3n) is 3.95. The molecule has 0 spiro atoms. The van der Waals surface area contributed by atoms with Gasteiger partial charge in [0.05, 0.1) is 23.1 Å². The van der Waals surface area contributed by atoms with Crippen molar-refractivity contribution in [1.82, 2.24) is 20.1 Å². The summed E-state index contributed by atoms with van der Waals surface area (Å²) >= 11 is 0. The second-order valence-corrected chi connectivity index (χ2v) is 5.55. The molecule has 21 heavy (non-hydrogen) atoms. The van der Waals surface area contributed by atoms with E-state index in [0.717, 1.165) is 41.9 Å². The average molecular weight is 288 g/mol. The number of hydrogen-bond acceptors (Lipinski definition) is 4. The largest absolute Gasteiger partial charge is 0.376 e. The highest BCUT2D eigenvalue weighted by atomic mass is 16.5. The summed E-state index contributed by atoms with van der Waals surface area (Å²) in [6.45, 7) is 5.13. The second-order valence-electron chi connectivity index (χ2n) is 5.55. The molecule has 1 amide bonds. The van der Waals surface area contributed by atoms with Crippen molar-refractivity contribution in [2.45, 2.75) is 32.8 Å². The molecule has 3 heterocycles. The first-order chi connectivity index (χ1) is 10.1. The van der Waals surface area contributed by atoms with Gasteiger partial charge >= 0.3 is 0 Å². The van der Waals surface area contributed by atoms with E-state index in [2.05, 4.69) is 15.4 Å². The molecular formula is C15H20N4O2. The summed E-state index contributed by atoms with van der Waals surface area (Å²) in [5.41, 5.74) is 3.01. The Kier molecular flexibility index (Phi) is 3.63. The maximum absolute atomic E-state index is 12.4. The van der Waals surface area contributed by atoms with Crippen LogP contribution < -0.4 is 5.32 Å². The molecule has 0 bridgehead atoms. The SMILES string of the molecule is Cc1nc2c(cc1C(=O)NC[C@@H]1CCCO1)c(C)nn2C. The molecule has 0 aliphatic carbocycles. The molecule has 1 saturated heterocycles. The van der Waals surface area contributed by atoms with E-state index in [1.165, 1.54) is 0 Å². The van der Waals surface area contributed by atoms with Gasteiger partial charge in [-0.25, -0.2) is 4.98 Å². The number of pyridine rings is 1. The summed E-state index contributed by atoms with van der Waals surface area (Å²) in [7, 11) is 1.86. The maximum Gasteiger partial charge on any atom is 0.253 e. The minimum Gasteiger partial charge on any atom is -0.376 e. The predicted molar refractivity (Wildman–Crippen MR) is 79.3 cm³/mol. The molecule has 2 aromatic rings. The summed E-state index contributed by atoms with van der Waals surface area (Å²) in [6.07, 6.45) is 2.23. The van der Waals surface area contributed by atoms with Crippen LogP contribution in [0.5, 0.6) is 0 Å². The van der Waals surface area contributed by atoms with E-state index in [9.17, 15) is 4.79 Å². The Morgan fingerprint density at radius 1 is 1.48 bits per heavy atom.